The summed E-state index contributed by atoms with van der Waals surface area (Å²) in [7, 11) is 2.06. The molecule has 1 atom stereocenters. The van der Waals surface area contributed by atoms with Crippen molar-refractivity contribution in [1.82, 2.24) is 0 Å². The Bertz CT molecular complexity index is 545. The van der Waals surface area contributed by atoms with Crippen molar-refractivity contribution in [2.24, 2.45) is 0 Å². The molecule has 0 aromatic heterocycles. The second-order valence-corrected chi connectivity index (χ2v) is 5.75. The van der Waals surface area contributed by atoms with Crippen LogP contribution >= 0.6 is 0 Å². The Labute approximate surface area is 128 Å². The minimum absolute atomic E-state index is 0.173. The van der Waals surface area contributed by atoms with Crippen LogP contribution in [0.5, 0.6) is 0 Å². The quantitative estimate of drug-likeness (QED) is 0.533. The Balaban J connectivity index is 1.95. The molecule has 22 heavy (non-hydrogen) atoms. The molecule has 0 unspecified atom stereocenters. The van der Waals surface area contributed by atoms with E-state index in [0.717, 1.165) is 18.0 Å². The van der Waals surface area contributed by atoms with Crippen molar-refractivity contribution in [3.63, 3.8) is 0 Å². The number of aliphatic carboxylic acids is 1. The van der Waals surface area contributed by atoms with Gasteiger partial charge >= 0.3 is 0 Å². The first-order valence-corrected chi connectivity index (χ1v) is 7.38. The van der Waals surface area contributed by atoms with Gasteiger partial charge in [-0.05, 0) is 18.2 Å². The Morgan fingerprint density at radius 1 is 1.32 bits per heavy atom. The predicted octanol–water partition coefficient (Wildman–Crippen LogP) is -3.31. The summed E-state index contributed by atoms with van der Waals surface area (Å²) in [5, 5.41) is 13.9. The van der Waals surface area contributed by atoms with Crippen LogP contribution in [0.3, 0.4) is 0 Å². The first-order chi connectivity index (χ1) is 10.5. The molecule has 1 amide bonds. The molecular formula is C15H21FN3O3+. The number of nitrogens with one attached hydrogen (secondary N) is 3. The smallest absolute Gasteiger partial charge is 0.230 e. The summed E-state index contributed by atoms with van der Waals surface area (Å²) in [5.41, 5.74) is 0.319. The molecule has 1 aromatic rings. The zero-order valence-corrected chi connectivity index (χ0v) is 12.5. The van der Waals surface area contributed by atoms with E-state index in [2.05, 4.69) is 12.4 Å². The van der Waals surface area contributed by atoms with Crippen LogP contribution in [0.15, 0.2) is 24.3 Å². The zero-order valence-electron chi connectivity index (χ0n) is 12.5. The van der Waals surface area contributed by atoms with E-state index in [4.69, 9.17) is 0 Å². The van der Waals surface area contributed by atoms with E-state index >= 15 is 0 Å². The largest absolute Gasteiger partial charge is 0.544 e. The molecule has 120 valence electrons. The fourth-order valence-corrected chi connectivity index (χ4v) is 2.70. The molecule has 0 saturated carbocycles. The molecule has 0 radical (unpaired) electrons. The van der Waals surface area contributed by atoms with E-state index in [9.17, 15) is 19.1 Å². The summed E-state index contributed by atoms with van der Waals surface area (Å²) < 4.78 is 13.1. The fourth-order valence-electron chi connectivity index (χ4n) is 2.70. The number of anilines is 1. The lowest BCUT2D eigenvalue weighted by Gasteiger charge is -2.33. The molecule has 1 aliphatic heterocycles. The Morgan fingerprint density at radius 3 is 2.59 bits per heavy atom. The van der Waals surface area contributed by atoms with Gasteiger partial charge in [0.1, 0.15) is 38.0 Å². The molecule has 6 nitrogen and oxygen atoms in total. The minimum atomic E-state index is -1.22. The Hall–Kier alpha value is -1.99. The third kappa shape index (κ3) is 4.51. The summed E-state index contributed by atoms with van der Waals surface area (Å²) in [6.07, 6.45) is -0.173. The van der Waals surface area contributed by atoms with Crippen LogP contribution in [0, 0.1) is 5.82 Å². The number of halogens is 1. The summed E-state index contributed by atoms with van der Waals surface area (Å²) >= 11 is 0. The normalized spacial score (nSPS) is 22.8. The highest BCUT2D eigenvalue weighted by molar-refractivity contribution is 5.93. The number of carbonyl (C=O) groups is 2. The maximum Gasteiger partial charge on any atom is 0.230 e. The lowest BCUT2D eigenvalue weighted by Crippen LogP contribution is -3.29. The van der Waals surface area contributed by atoms with Crippen LogP contribution in [0.2, 0.25) is 0 Å². The molecule has 0 bridgehead atoms. The number of amides is 1. The third-order valence-corrected chi connectivity index (χ3v) is 4.02. The number of quaternary nitrogens is 2. The minimum Gasteiger partial charge on any atom is -0.544 e. The van der Waals surface area contributed by atoms with Gasteiger partial charge in [-0.3, -0.25) is 4.79 Å². The van der Waals surface area contributed by atoms with Crippen molar-refractivity contribution in [3.8, 4) is 0 Å². The van der Waals surface area contributed by atoms with Crippen molar-refractivity contribution in [2.45, 2.75) is 12.5 Å². The molecule has 3 N–H and O–H groups in total. The van der Waals surface area contributed by atoms with Crippen molar-refractivity contribution in [1.29, 1.82) is 0 Å². The number of rotatable bonds is 5. The zero-order chi connectivity index (χ0) is 16.1. The number of benzene rings is 1. The van der Waals surface area contributed by atoms with E-state index in [1.807, 2.05) is 0 Å². The summed E-state index contributed by atoms with van der Waals surface area (Å²) in [6, 6.07) is 4.63. The Morgan fingerprint density at radius 2 is 2.00 bits per heavy atom. The van der Waals surface area contributed by atoms with Crippen LogP contribution in [0.4, 0.5) is 10.1 Å². The van der Waals surface area contributed by atoms with E-state index in [1.54, 1.807) is 6.07 Å². The van der Waals surface area contributed by atoms with Crippen molar-refractivity contribution in [2.75, 3.05) is 38.5 Å². The number of hydrogen-bond acceptors (Lipinski definition) is 3. The third-order valence-electron chi connectivity index (χ3n) is 4.02. The lowest BCUT2D eigenvalue weighted by atomic mass is 10.1. The molecule has 0 spiro atoms. The highest BCUT2D eigenvalue weighted by Gasteiger charge is 2.30. The first-order valence-electron chi connectivity index (χ1n) is 7.38. The van der Waals surface area contributed by atoms with E-state index < -0.39 is 23.7 Å². The number of carboxylic acids is 1. The van der Waals surface area contributed by atoms with Gasteiger partial charge in [0.15, 0.2) is 0 Å². The van der Waals surface area contributed by atoms with Crippen molar-refractivity contribution in [3.05, 3.63) is 30.1 Å². The topological polar surface area (TPSA) is 78.1 Å². The molecule has 1 heterocycles. The van der Waals surface area contributed by atoms with Crippen LogP contribution in [0.1, 0.15) is 6.42 Å². The van der Waals surface area contributed by atoms with Gasteiger partial charge in [-0.1, -0.05) is 6.07 Å². The summed E-state index contributed by atoms with van der Waals surface area (Å²) in [6.45, 7) is 3.12. The fraction of sp³-hybridized carbons (Fsp3) is 0.467. The SMILES string of the molecule is C[NH+]1CC[NH+]([C@H](CC(=O)Nc2cccc(F)c2)C(=O)[O-])CC1. The Kier molecular flexibility index (Phi) is 5.46. The molecule has 1 aliphatic rings. The maximum absolute atomic E-state index is 13.1. The average Bonchev–Trinajstić information content (AvgIpc) is 2.45. The maximum atomic E-state index is 13.1. The molecule has 1 saturated heterocycles. The summed E-state index contributed by atoms with van der Waals surface area (Å²) in [5.74, 6) is -2.12. The van der Waals surface area contributed by atoms with E-state index in [-0.39, 0.29) is 6.42 Å². The number of piperazine rings is 1. The molecule has 1 fully saturated rings. The van der Waals surface area contributed by atoms with Gasteiger partial charge in [-0.2, -0.15) is 0 Å². The second kappa shape index (κ2) is 7.33. The van der Waals surface area contributed by atoms with Gasteiger partial charge in [-0.15, -0.1) is 0 Å². The van der Waals surface area contributed by atoms with Gasteiger partial charge in [0.25, 0.3) is 0 Å². The highest BCUT2D eigenvalue weighted by Crippen LogP contribution is 2.09. The van der Waals surface area contributed by atoms with Crippen LogP contribution in [0.25, 0.3) is 0 Å². The summed E-state index contributed by atoms with van der Waals surface area (Å²) in [4.78, 5) is 25.6. The predicted molar refractivity (Wildman–Crippen MR) is 75.8 cm³/mol. The lowest BCUT2D eigenvalue weighted by molar-refractivity contribution is -1.01. The van der Waals surface area contributed by atoms with Gasteiger partial charge in [0.05, 0.1) is 19.4 Å². The monoisotopic (exact) mass is 310 g/mol. The van der Waals surface area contributed by atoms with Crippen LogP contribution < -0.4 is 20.2 Å². The molecule has 7 heteroatoms. The van der Waals surface area contributed by atoms with Gasteiger partial charge in [0.2, 0.25) is 5.91 Å². The van der Waals surface area contributed by atoms with Crippen molar-refractivity contribution < 1.29 is 28.9 Å². The number of carboxylic acid groups (broad SMARTS) is 1. The highest BCUT2D eigenvalue weighted by atomic mass is 19.1. The molecular weight excluding hydrogens is 289 g/mol. The number of likely N-dealkylation sites (N-methyl/N-ethyl adjacent to an activating group) is 1. The van der Waals surface area contributed by atoms with E-state index in [1.165, 1.54) is 23.1 Å². The molecule has 2 rings (SSSR count). The van der Waals surface area contributed by atoms with Crippen LogP contribution in [-0.4, -0.2) is 51.1 Å². The first kappa shape index (κ1) is 16.4. The van der Waals surface area contributed by atoms with Crippen LogP contribution in [-0.2, 0) is 9.59 Å². The van der Waals surface area contributed by atoms with Gasteiger partial charge in [-0.25, -0.2) is 4.39 Å². The molecule has 1 aromatic carbocycles. The number of hydrogen-bond donors (Lipinski definition) is 3. The standard InChI is InChI=1S/C15H20FN3O3/c1-18-5-7-19(8-6-18)13(15(21)22)10-14(20)17-12-4-2-3-11(16)9-12/h2-4,9,13H,5-8,10H2,1H3,(H,17,20)(H,21,22)/p+1/t13-/m1/s1. The second-order valence-electron chi connectivity index (χ2n) is 5.75. The van der Waals surface area contributed by atoms with E-state index in [0.29, 0.717) is 18.8 Å². The van der Waals surface area contributed by atoms with Gasteiger partial charge < -0.3 is 25.0 Å². The average molecular weight is 310 g/mol. The van der Waals surface area contributed by atoms with Crippen molar-refractivity contribution >= 4 is 17.6 Å². The molecule has 0 aliphatic carbocycles. The van der Waals surface area contributed by atoms with Gasteiger partial charge in [0, 0.05) is 5.69 Å². The number of carbonyl (C=O) groups excluding carboxylic acids is 2.